The van der Waals surface area contributed by atoms with Gasteiger partial charge in [0.1, 0.15) is 11.5 Å². The van der Waals surface area contributed by atoms with Crippen LogP contribution in [0.5, 0.6) is 17.2 Å². The van der Waals surface area contributed by atoms with E-state index in [1.54, 1.807) is 56.7 Å². The molecule has 0 saturated heterocycles. The highest BCUT2D eigenvalue weighted by atomic mass is 35.5. The Morgan fingerprint density at radius 3 is 2.09 bits per heavy atom. The highest BCUT2D eigenvalue weighted by Crippen LogP contribution is 2.41. The van der Waals surface area contributed by atoms with Crippen molar-refractivity contribution in [3.63, 3.8) is 0 Å². The molecule has 0 aliphatic carbocycles. The van der Waals surface area contributed by atoms with Gasteiger partial charge < -0.3 is 14.2 Å². The van der Waals surface area contributed by atoms with E-state index in [0.29, 0.717) is 33.8 Å². The lowest BCUT2D eigenvalue weighted by atomic mass is 9.89. The lowest BCUT2D eigenvalue weighted by Crippen LogP contribution is -2.06. The molecule has 4 aromatic carbocycles. The molecule has 6 heteroatoms. The highest BCUT2D eigenvalue weighted by Gasteiger charge is 2.22. The van der Waals surface area contributed by atoms with Crippen molar-refractivity contribution in [2.24, 2.45) is 0 Å². The molecule has 0 saturated carbocycles. The van der Waals surface area contributed by atoms with Gasteiger partial charge in [0, 0.05) is 16.7 Å². The Kier molecular flexibility index (Phi) is 6.01. The largest absolute Gasteiger partial charge is 0.497 e. The highest BCUT2D eigenvalue weighted by molar-refractivity contribution is 6.35. The predicted octanol–water partition coefficient (Wildman–Crippen LogP) is 6.56. The van der Waals surface area contributed by atoms with E-state index in [0.717, 1.165) is 10.8 Å². The number of ether oxygens (including phenoxy) is 3. The molecule has 0 N–H and O–H groups in total. The summed E-state index contributed by atoms with van der Waals surface area (Å²) in [7, 11) is 4.50. The van der Waals surface area contributed by atoms with Crippen molar-refractivity contribution in [1.82, 2.24) is 0 Å². The fourth-order valence-corrected chi connectivity index (χ4v) is 4.05. The van der Waals surface area contributed by atoms with Crippen LogP contribution in [-0.2, 0) is 0 Å². The third-order valence-electron chi connectivity index (χ3n) is 5.35. The summed E-state index contributed by atoms with van der Waals surface area (Å²) in [5.41, 5.74) is 2.01. The molecule has 0 heterocycles. The van der Waals surface area contributed by atoms with E-state index >= 15 is 0 Å². The molecule has 4 rings (SSSR count). The number of hydrogen-bond donors (Lipinski definition) is 0. The van der Waals surface area contributed by atoms with Crippen LogP contribution in [0.1, 0.15) is 15.9 Å². The van der Waals surface area contributed by atoms with Gasteiger partial charge in [-0.05, 0) is 70.9 Å². The lowest BCUT2D eigenvalue weighted by molar-refractivity contribution is 0.104. The molecule has 0 aromatic heterocycles. The minimum absolute atomic E-state index is 0.0677. The molecule has 0 aliphatic rings. The summed E-state index contributed by atoms with van der Waals surface area (Å²) in [6.07, 6.45) is 0. The van der Waals surface area contributed by atoms with Gasteiger partial charge in [-0.3, -0.25) is 4.79 Å². The second-order valence-electron chi connectivity index (χ2n) is 7.07. The summed E-state index contributed by atoms with van der Waals surface area (Å²) in [6, 6.07) is 18.9. The summed E-state index contributed by atoms with van der Waals surface area (Å²) in [5.74, 6) is 0.486. The van der Waals surface area contributed by atoms with Crippen LogP contribution >= 0.6 is 11.6 Å². The molecule has 0 atom stereocenters. The minimum atomic E-state index is -0.574. The summed E-state index contributed by atoms with van der Waals surface area (Å²) in [4.78, 5) is 13.7. The van der Waals surface area contributed by atoms with Crippen molar-refractivity contribution >= 4 is 28.2 Å². The zero-order valence-corrected chi connectivity index (χ0v) is 18.5. The van der Waals surface area contributed by atoms with Gasteiger partial charge in [0.05, 0.1) is 26.4 Å². The van der Waals surface area contributed by atoms with Crippen molar-refractivity contribution in [2.45, 2.75) is 0 Å². The van der Waals surface area contributed by atoms with Crippen LogP contribution in [0.3, 0.4) is 0 Å². The maximum Gasteiger partial charge on any atom is 0.194 e. The van der Waals surface area contributed by atoms with E-state index < -0.39 is 5.82 Å². The Balaban J connectivity index is 2.00. The van der Waals surface area contributed by atoms with Gasteiger partial charge in [0.2, 0.25) is 0 Å². The van der Waals surface area contributed by atoms with E-state index in [1.165, 1.54) is 13.2 Å². The van der Waals surface area contributed by atoms with Gasteiger partial charge in [-0.15, -0.1) is 0 Å². The smallest absolute Gasteiger partial charge is 0.194 e. The first-order valence-electron chi connectivity index (χ1n) is 9.80. The normalized spacial score (nSPS) is 10.8. The Bertz CT molecular complexity index is 1320. The van der Waals surface area contributed by atoms with Crippen LogP contribution < -0.4 is 14.2 Å². The van der Waals surface area contributed by atoms with Crippen molar-refractivity contribution in [3.8, 4) is 28.4 Å². The first-order chi connectivity index (χ1) is 15.5. The van der Waals surface area contributed by atoms with Crippen LogP contribution in [0, 0.1) is 5.82 Å². The number of methoxy groups -OCH3 is 3. The number of carbonyl (C=O) groups excluding carboxylic acids is 1. The monoisotopic (exact) mass is 450 g/mol. The number of rotatable bonds is 6. The van der Waals surface area contributed by atoms with E-state index in [9.17, 15) is 9.18 Å². The summed E-state index contributed by atoms with van der Waals surface area (Å²) >= 11 is 6.50. The molecule has 0 radical (unpaired) electrons. The minimum Gasteiger partial charge on any atom is -0.497 e. The number of halogens is 2. The fraction of sp³-hybridized carbons (Fsp3) is 0.115. The number of carbonyl (C=O) groups is 1. The topological polar surface area (TPSA) is 44.8 Å². The number of fused-ring (bicyclic) bond motifs is 1. The summed E-state index contributed by atoms with van der Waals surface area (Å²) < 4.78 is 29.9. The zero-order valence-electron chi connectivity index (χ0n) is 17.7. The summed E-state index contributed by atoms with van der Waals surface area (Å²) in [6.45, 7) is 0. The van der Waals surface area contributed by atoms with Gasteiger partial charge in [-0.25, -0.2) is 4.39 Å². The molecule has 0 fully saturated rings. The number of hydrogen-bond acceptors (Lipinski definition) is 4. The van der Waals surface area contributed by atoms with Crippen LogP contribution in [0.2, 0.25) is 5.02 Å². The zero-order chi connectivity index (χ0) is 22.8. The Morgan fingerprint density at radius 1 is 0.781 bits per heavy atom. The Hall–Kier alpha value is -3.57. The fourth-order valence-electron chi connectivity index (χ4n) is 3.72. The molecule has 4 nitrogen and oxygen atoms in total. The molecule has 0 aliphatic heterocycles. The van der Waals surface area contributed by atoms with Crippen LogP contribution in [0.25, 0.3) is 21.9 Å². The van der Waals surface area contributed by atoms with Crippen molar-refractivity contribution in [1.29, 1.82) is 0 Å². The molecule has 162 valence electrons. The quantitative estimate of drug-likeness (QED) is 0.312. The lowest BCUT2D eigenvalue weighted by Gasteiger charge is -2.16. The third-order valence-corrected chi connectivity index (χ3v) is 5.72. The van der Waals surface area contributed by atoms with Gasteiger partial charge >= 0.3 is 0 Å². The average molecular weight is 451 g/mol. The Morgan fingerprint density at radius 2 is 1.44 bits per heavy atom. The predicted molar refractivity (Wildman–Crippen MR) is 124 cm³/mol. The first kappa shape index (κ1) is 21.7. The van der Waals surface area contributed by atoms with Gasteiger partial charge in [-0.2, -0.15) is 0 Å². The van der Waals surface area contributed by atoms with Gasteiger partial charge in [-0.1, -0.05) is 23.7 Å². The standard InChI is InChI=1S/C26H20ClFO4/c1-30-17-7-4-15(5-8-17)25(29)23-19-11-9-18(31-2)14-16(19)6-10-20(23)21-12-13-22(28)26(32-3)24(21)27/h4-14H,1-3H3. The van der Waals surface area contributed by atoms with Crippen LogP contribution in [-0.4, -0.2) is 27.1 Å². The molecular formula is C26H20ClFO4. The maximum absolute atomic E-state index is 14.2. The third kappa shape index (κ3) is 3.76. The first-order valence-corrected chi connectivity index (χ1v) is 10.2. The number of ketones is 1. The molecule has 4 aromatic rings. The van der Waals surface area contributed by atoms with E-state index in [-0.39, 0.29) is 16.6 Å². The van der Waals surface area contributed by atoms with Gasteiger partial charge in [0.25, 0.3) is 0 Å². The second kappa shape index (κ2) is 8.89. The second-order valence-corrected chi connectivity index (χ2v) is 7.45. The maximum atomic E-state index is 14.2. The van der Waals surface area contributed by atoms with Crippen molar-refractivity contribution in [3.05, 3.63) is 88.7 Å². The molecule has 32 heavy (non-hydrogen) atoms. The summed E-state index contributed by atoms with van der Waals surface area (Å²) in [5, 5.41) is 1.66. The van der Waals surface area contributed by atoms with Gasteiger partial charge in [0.15, 0.2) is 17.3 Å². The van der Waals surface area contributed by atoms with E-state index in [4.69, 9.17) is 25.8 Å². The molecule has 0 unspecified atom stereocenters. The number of benzene rings is 4. The Labute approximate surface area is 190 Å². The van der Waals surface area contributed by atoms with Crippen molar-refractivity contribution < 1.29 is 23.4 Å². The van der Waals surface area contributed by atoms with E-state index in [2.05, 4.69) is 0 Å². The molecule has 0 spiro atoms. The van der Waals surface area contributed by atoms with E-state index in [1.807, 2.05) is 18.2 Å². The molecule has 0 amide bonds. The SMILES string of the molecule is COc1ccc(C(=O)c2c(-c3ccc(F)c(OC)c3Cl)ccc3cc(OC)ccc23)cc1. The van der Waals surface area contributed by atoms with Crippen molar-refractivity contribution in [2.75, 3.05) is 21.3 Å². The average Bonchev–Trinajstić information content (AvgIpc) is 2.83. The molecular weight excluding hydrogens is 431 g/mol. The van der Waals surface area contributed by atoms with Crippen LogP contribution in [0.4, 0.5) is 4.39 Å². The molecule has 0 bridgehead atoms. The van der Waals surface area contributed by atoms with Crippen LogP contribution in [0.15, 0.2) is 66.7 Å².